The number of rotatable bonds is 4. The van der Waals surface area contributed by atoms with Crippen LogP contribution in [0.5, 0.6) is 0 Å². The fourth-order valence-electron chi connectivity index (χ4n) is 3.04. The zero-order valence-electron chi connectivity index (χ0n) is 13.0. The molecule has 1 aromatic rings. The zero-order chi connectivity index (χ0) is 16.4. The lowest BCUT2D eigenvalue weighted by Crippen LogP contribution is -2.42. The maximum atomic E-state index is 12.7. The summed E-state index contributed by atoms with van der Waals surface area (Å²) in [7, 11) is -3.74. The second-order valence-electron chi connectivity index (χ2n) is 5.80. The number of carbonyl (C=O) groups is 1. The zero-order valence-corrected chi connectivity index (χ0v) is 15.4. The van der Waals surface area contributed by atoms with Crippen LogP contribution in [0.2, 0.25) is 0 Å². The third kappa shape index (κ3) is 3.49. The number of amidine groups is 1. The Morgan fingerprint density at radius 3 is 2.65 bits per heavy atom. The monoisotopic (exact) mass is 372 g/mol. The van der Waals surface area contributed by atoms with E-state index in [1.165, 1.54) is 18.2 Å². The highest BCUT2D eigenvalue weighted by Gasteiger charge is 2.42. The van der Waals surface area contributed by atoms with Crippen molar-refractivity contribution in [2.75, 3.05) is 0 Å². The first-order valence-corrected chi connectivity index (χ1v) is 11.1. The molecule has 0 spiro atoms. The summed E-state index contributed by atoms with van der Waals surface area (Å²) in [5, 5.41) is 1.87. The Balaban J connectivity index is 1.94. The molecule has 1 aliphatic carbocycles. The fraction of sp³-hybridized carbons (Fsp3) is 0.600. The van der Waals surface area contributed by atoms with Gasteiger partial charge in [-0.15, -0.1) is 15.7 Å². The SMILES string of the molecule is CCC1SC(=NS(=O)(=O)c2cccs2)N(C2CCCCC2)C1=O. The summed E-state index contributed by atoms with van der Waals surface area (Å²) in [6, 6.07) is 3.34. The van der Waals surface area contributed by atoms with Gasteiger partial charge in [-0.05, 0) is 30.7 Å². The van der Waals surface area contributed by atoms with E-state index in [4.69, 9.17) is 0 Å². The molecule has 8 heteroatoms. The number of carbonyl (C=O) groups excluding carboxylic acids is 1. The number of thiophene rings is 1. The lowest BCUT2D eigenvalue weighted by atomic mass is 9.94. The van der Waals surface area contributed by atoms with Crippen LogP contribution in [-0.2, 0) is 14.8 Å². The van der Waals surface area contributed by atoms with E-state index in [1.807, 2.05) is 6.92 Å². The molecule has 1 aliphatic heterocycles. The van der Waals surface area contributed by atoms with Crippen LogP contribution < -0.4 is 0 Å². The Morgan fingerprint density at radius 2 is 2.04 bits per heavy atom. The summed E-state index contributed by atoms with van der Waals surface area (Å²) < 4.78 is 29.1. The molecular weight excluding hydrogens is 352 g/mol. The highest BCUT2D eigenvalue weighted by molar-refractivity contribution is 8.16. The van der Waals surface area contributed by atoms with Crippen LogP contribution in [0.1, 0.15) is 45.4 Å². The number of hydrogen-bond acceptors (Lipinski definition) is 5. The Kier molecular flexibility index (Phi) is 5.13. The van der Waals surface area contributed by atoms with Crippen molar-refractivity contribution >= 4 is 44.2 Å². The average Bonchev–Trinajstić information content (AvgIpc) is 3.17. The molecular formula is C15H20N2O3S3. The van der Waals surface area contributed by atoms with Crippen molar-refractivity contribution in [2.45, 2.75) is 60.9 Å². The van der Waals surface area contributed by atoms with Crippen molar-refractivity contribution in [1.29, 1.82) is 0 Å². The number of sulfonamides is 1. The van der Waals surface area contributed by atoms with E-state index >= 15 is 0 Å². The molecule has 1 atom stereocenters. The second-order valence-corrected chi connectivity index (χ2v) is 9.74. The summed E-state index contributed by atoms with van der Waals surface area (Å²) in [5.41, 5.74) is 0. The minimum Gasteiger partial charge on any atom is -0.287 e. The predicted octanol–water partition coefficient (Wildman–Crippen LogP) is 3.48. The largest absolute Gasteiger partial charge is 0.294 e. The van der Waals surface area contributed by atoms with Crippen molar-refractivity contribution in [3.05, 3.63) is 17.5 Å². The minimum absolute atomic E-state index is 0.0181. The molecule has 0 aromatic carbocycles. The van der Waals surface area contributed by atoms with Crippen LogP contribution in [0.15, 0.2) is 26.1 Å². The number of amides is 1. The molecule has 5 nitrogen and oxygen atoms in total. The van der Waals surface area contributed by atoms with Gasteiger partial charge in [0.05, 0.1) is 5.25 Å². The normalized spacial score (nSPS) is 25.4. The van der Waals surface area contributed by atoms with Gasteiger partial charge in [0.1, 0.15) is 4.21 Å². The van der Waals surface area contributed by atoms with Crippen LogP contribution >= 0.6 is 23.1 Å². The molecule has 2 fully saturated rings. The molecule has 23 heavy (non-hydrogen) atoms. The first-order valence-electron chi connectivity index (χ1n) is 7.91. The molecule has 1 aromatic heterocycles. The molecule has 2 heterocycles. The van der Waals surface area contributed by atoms with Crippen molar-refractivity contribution in [1.82, 2.24) is 4.90 Å². The van der Waals surface area contributed by atoms with Gasteiger partial charge < -0.3 is 0 Å². The average molecular weight is 373 g/mol. The van der Waals surface area contributed by atoms with Crippen LogP contribution in [-0.4, -0.2) is 35.7 Å². The van der Waals surface area contributed by atoms with E-state index in [0.29, 0.717) is 11.6 Å². The van der Waals surface area contributed by atoms with Gasteiger partial charge in [0.25, 0.3) is 10.0 Å². The van der Waals surface area contributed by atoms with E-state index < -0.39 is 10.0 Å². The highest BCUT2D eigenvalue weighted by Crippen LogP contribution is 2.36. The molecule has 1 amide bonds. The molecule has 0 bridgehead atoms. The maximum Gasteiger partial charge on any atom is 0.294 e. The minimum atomic E-state index is -3.74. The molecule has 3 rings (SSSR count). The van der Waals surface area contributed by atoms with Gasteiger partial charge in [0.2, 0.25) is 5.91 Å². The summed E-state index contributed by atoms with van der Waals surface area (Å²) >= 11 is 2.45. The van der Waals surface area contributed by atoms with Gasteiger partial charge in [-0.3, -0.25) is 9.69 Å². The van der Waals surface area contributed by atoms with Gasteiger partial charge in [0, 0.05) is 6.04 Å². The topological polar surface area (TPSA) is 66.8 Å². The lowest BCUT2D eigenvalue weighted by molar-refractivity contribution is -0.128. The quantitative estimate of drug-likeness (QED) is 0.811. The Bertz CT molecular complexity index is 692. The third-order valence-corrected chi connectivity index (χ3v) is 8.30. The van der Waals surface area contributed by atoms with Crippen molar-refractivity contribution in [3.8, 4) is 0 Å². The van der Waals surface area contributed by atoms with Crippen LogP contribution in [0.25, 0.3) is 0 Å². The van der Waals surface area contributed by atoms with E-state index in [-0.39, 0.29) is 21.4 Å². The maximum absolute atomic E-state index is 12.7. The van der Waals surface area contributed by atoms with Gasteiger partial charge in [-0.1, -0.05) is 44.0 Å². The molecule has 1 saturated carbocycles. The van der Waals surface area contributed by atoms with Crippen molar-refractivity contribution in [3.63, 3.8) is 0 Å². The van der Waals surface area contributed by atoms with E-state index in [1.54, 1.807) is 22.4 Å². The molecule has 1 unspecified atom stereocenters. The summed E-state index contributed by atoms with van der Waals surface area (Å²) in [6.45, 7) is 1.95. The van der Waals surface area contributed by atoms with E-state index in [9.17, 15) is 13.2 Å². The summed E-state index contributed by atoms with van der Waals surface area (Å²) in [6.07, 6.45) is 5.90. The van der Waals surface area contributed by atoms with Gasteiger partial charge in [-0.2, -0.15) is 8.42 Å². The van der Waals surface area contributed by atoms with E-state index in [2.05, 4.69) is 4.40 Å². The van der Waals surface area contributed by atoms with Gasteiger partial charge in [0.15, 0.2) is 5.17 Å². The Morgan fingerprint density at radius 1 is 1.30 bits per heavy atom. The Hall–Kier alpha value is -0.860. The molecule has 0 radical (unpaired) electrons. The number of nitrogens with zero attached hydrogens (tertiary/aromatic N) is 2. The summed E-state index contributed by atoms with van der Waals surface area (Å²) in [4.78, 5) is 14.3. The Labute approximate surface area is 145 Å². The molecule has 126 valence electrons. The van der Waals surface area contributed by atoms with Gasteiger partial charge in [-0.25, -0.2) is 0 Å². The molecule has 0 N–H and O–H groups in total. The van der Waals surface area contributed by atoms with Gasteiger partial charge >= 0.3 is 0 Å². The predicted molar refractivity (Wildman–Crippen MR) is 94.3 cm³/mol. The second kappa shape index (κ2) is 6.94. The number of thioether (sulfide) groups is 1. The van der Waals surface area contributed by atoms with E-state index in [0.717, 1.165) is 37.0 Å². The summed E-state index contributed by atoms with van der Waals surface area (Å²) in [5.74, 6) is 0.0181. The van der Waals surface area contributed by atoms with Crippen LogP contribution in [0.3, 0.4) is 0 Å². The van der Waals surface area contributed by atoms with Crippen LogP contribution in [0, 0.1) is 0 Å². The number of hydrogen-bond donors (Lipinski definition) is 0. The van der Waals surface area contributed by atoms with Crippen LogP contribution in [0.4, 0.5) is 0 Å². The lowest BCUT2D eigenvalue weighted by Gasteiger charge is -2.30. The highest BCUT2D eigenvalue weighted by atomic mass is 32.2. The molecule has 1 saturated heterocycles. The first kappa shape index (κ1) is 17.0. The molecule has 2 aliphatic rings. The van der Waals surface area contributed by atoms with Crippen molar-refractivity contribution < 1.29 is 13.2 Å². The standard InChI is InChI=1S/C15H20N2O3S3/c1-2-12-14(18)17(11-7-4-3-5-8-11)15(22-12)16-23(19,20)13-9-6-10-21-13/h6,9-12H,2-5,7-8H2,1H3. The third-order valence-electron chi connectivity index (χ3n) is 4.22. The van der Waals surface area contributed by atoms with Crippen molar-refractivity contribution in [2.24, 2.45) is 4.40 Å². The first-order chi connectivity index (χ1) is 11.0. The fourth-order valence-corrected chi connectivity index (χ4v) is 6.34. The smallest absolute Gasteiger partial charge is 0.287 e.